The van der Waals surface area contributed by atoms with Crippen molar-refractivity contribution in [2.45, 2.75) is 89.8 Å². The third-order valence-electron chi connectivity index (χ3n) is 5.93. The minimum atomic E-state index is -0.654. The molecule has 7 nitrogen and oxygen atoms in total. The zero-order valence-corrected chi connectivity index (χ0v) is 23.3. The zero-order valence-electron chi connectivity index (χ0n) is 22.5. The number of hydrogen-bond acceptors (Lipinski definition) is 5. The van der Waals surface area contributed by atoms with Gasteiger partial charge in [-0.15, -0.1) is 11.8 Å². The molecule has 0 radical (unpaired) electrons. The molecular weight excluding hydrogens is 474 g/mol. The molecule has 2 heterocycles. The Balaban J connectivity index is 1.98. The van der Waals surface area contributed by atoms with E-state index in [1.807, 2.05) is 12.1 Å². The lowest BCUT2D eigenvalue weighted by Gasteiger charge is -2.22. The molecule has 1 aliphatic rings. The van der Waals surface area contributed by atoms with Crippen molar-refractivity contribution in [3.8, 4) is 0 Å². The van der Waals surface area contributed by atoms with Crippen LogP contribution in [-0.2, 0) is 16.7 Å². The molecule has 0 spiro atoms. The van der Waals surface area contributed by atoms with Gasteiger partial charge in [-0.25, -0.2) is 4.79 Å². The molecule has 0 unspecified atom stereocenters. The number of nitrogens with one attached hydrogen (secondary N) is 2. The lowest BCUT2D eigenvalue weighted by molar-refractivity contribution is 0.0508. The number of amides is 2. The first-order valence-electron chi connectivity index (χ1n) is 12.6. The highest BCUT2D eigenvalue weighted by Gasteiger charge is 2.34. The first-order chi connectivity index (χ1) is 16.8. The van der Waals surface area contributed by atoms with Crippen molar-refractivity contribution in [3.05, 3.63) is 63.1 Å². The molecule has 2 aromatic rings. The lowest BCUT2D eigenvalue weighted by atomic mass is 9.87. The Labute approximate surface area is 218 Å². The van der Waals surface area contributed by atoms with Gasteiger partial charge in [0, 0.05) is 23.4 Å². The van der Waals surface area contributed by atoms with Gasteiger partial charge in [-0.1, -0.05) is 58.4 Å². The Morgan fingerprint density at radius 1 is 1.11 bits per heavy atom. The first kappa shape index (κ1) is 27.8. The topological polar surface area (TPSA) is 89.4 Å². The van der Waals surface area contributed by atoms with Crippen molar-refractivity contribution in [2.24, 2.45) is 0 Å². The summed E-state index contributed by atoms with van der Waals surface area (Å²) >= 11 is 1.42. The molecule has 196 valence electrons. The van der Waals surface area contributed by atoms with Crippen LogP contribution in [0.3, 0.4) is 0 Å². The molecule has 0 saturated heterocycles. The summed E-state index contributed by atoms with van der Waals surface area (Å²) in [5.41, 5.74) is 2.25. The molecule has 0 saturated carbocycles. The van der Waals surface area contributed by atoms with E-state index in [9.17, 15) is 14.4 Å². The number of alkyl carbamates (subject to hydrolysis) is 1. The van der Waals surface area contributed by atoms with E-state index in [2.05, 4.69) is 50.5 Å². The smallest absolute Gasteiger partial charge is 0.408 e. The minimum Gasteiger partial charge on any atom is -0.444 e. The van der Waals surface area contributed by atoms with Gasteiger partial charge in [0.1, 0.15) is 5.60 Å². The van der Waals surface area contributed by atoms with E-state index in [1.54, 1.807) is 31.5 Å². The highest BCUT2D eigenvalue weighted by Crippen LogP contribution is 2.38. The average Bonchev–Trinajstić information content (AvgIpc) is 3.18. The minimum absolute atomic E-state index is 0.0322. The number of unbranched alkanes of at least 4 members (excludes halogenated alkanes) is 1. The van der Waals surface area contributed by atoms with Crippen molar-refractivity contribution in [1.29, 1.82) is 0 Å². The molecule has 0 bridgehead atoms. The Bertz CT molecular complexity index is 1160. The summed E-state index contributed by atoms with van der Waals surface area (Å²) in [4.78, 5) is 39.9. The summed E-state index contributed by atoms with van der Waals surface area (Å²) in [7, 11) is 0. The zero-order chi connectivity index (χ0) is 26.7. The predicted molar refractivity (Wildman–Crippen MR) is 145 cm³/mol. The number of ether oxygens (including phenoxy) is 1. The van der Waals surface area contributed by atoms with Gasteiger partial charge in [-0.2, -0.15) is 0 Å². The number of thioether (sulfide) groups is 1. The van der Waals surface area contributed by atoms with Crippen LogP contribution in [0.4, 0.5) is 4.79 Å². The summed E-state index contributed by atoms with van der Waals surface area (Å²) in [6.45, 7) is 14.8. The van der Waals surface area contributed by atoms with E-state index in [4.69, 9.17) is 4.74 Å². The van der Waals surface area contributed by atoms with Crippen LogP contribution < -0.4 is 16.2 Å². The molecule has 1 atom stereocenters. The second-order valence-electron chi connectivity index (χ2n) is 11.3. The number of carbonyl (C=O) groups excluding carboxylic acids is 2. The molecule has 0 aliphatic carbocycles. The first-order valence-corrected chi connectivity index (χ1v) is 13.6. The van der Waals surface area contributed by atoms with E-state index in [0.717, 1.165) is 18.4 Å². The highest BCUT2D eigenvalue weighted by atomic mass is 32.2. The second-order valence-corrected chi connectivity index (χ2v) is 12.3. The van der Waals surface area contributed by atoms with Crippen molar-refractivity contribution in [3.63, 3.8) is 0 Å². The van der Waals surface area contributed by atoms with Crippen LogP contribution in [0.5, 0.6) is 0 Å². The van der Waals surface area contributed by atoms with Crippen LogP contribution in [0.25, 0.3) is 0 Å². The fourth-order valence-corrected chi connectivity index (χ4v) is 5.28. The Morgan fingerprint density at radius 3 is 2.36 bits per heavy atom. The largest absolute Gasteiger partial charge is 0.444 e. The maximum atomic E-state index is 13.6. The van der Waals surface area contributed by atoms with Crippen LogP contribution in [0.15, 0.2) is 40.2 Å². The van der Waals surface area contributed by atoms with E-state index in [0.29, 0.717) is 34.9 Å². The number of carbonyl (C=O) groups is 2. The van der Waals surface area contributed by atoms with Gasteiger partial charge >= 0.3 is 6.09 Å². The standard InChI is InChI=1S/C28H39N3O4S/c1-8-9-14-29-24(32)20-16-31(15-18-10-12-19(13-11-18)27(2,3)4)25(33)22-21(17-36-23(20)22)30-26(34)35-28(5,6)7/h10-13,16,21H,8-9,14-15,17H2,1-7H3,(H,29,32)(H,30,34)/t21-/m0/s1. The number of rotatable bonds is 7. The summed E-state index contributed by atoms with van der Waals surface area (Å²) in [5.74, 6) is 0.255. The fourth-order valence-electron chi connectivity index (χ4n) is 4.01. The van der Waals surface area contributed by atoms with E-state index < -0.39 is 17.7 Å². The quantitative estimate of drug-likeness (QED) is 0.484. The lowest BCUT2D eigenvalue weighted by Crippen LogP contribution is -2.38. The molecule has 0 fully saturated rings. The molecule has 8 heteroatoms. The highest BCUT2D eigenvalue weighted by molar-refractivity contribution is 7.99. The SMILES string of the molecule is CCCCNC(=O)c1cn(Cc2ccc(C(C)(C)C)cc2)c(=O)c2c1SC[C@@H]2NC(=O)OC(C)(C)C. The van der Waals surface area contributed by atoms with Crippen LogP contribution in [0, 0.1) is 0 Å². The number of hydrogen-bond donors (Lipinski definition) is 2. The number of fused-ring (bicyclic) bond motifs is 1. The third-order valence-corrected chi connectivity index (χ3v) is 7.16. The average molecular weight is 514 g/mol. The monoisotopic (exact) mass is 513 g/mol. The summed E-state index contributed by atoms with van der Waals surface area (Å²) in [6, 6.07) is 7.66. The van der Waals surface area contributed by atoms with Crippen molar-refractivity contribution in [2.75, 3.05) is 12.3 Å². The molecule has 36 heavy (non-hydrogen) atoms. The number of benzene rings is 1. The van der Waals surface area contributed by atoms with Gasteiger partial charge in [-0.3, -0.25) is 9.59 Å². The fraction of sp³-hybridized carbons (Fsp3) is 0.536. The van der Waals surface area contributed by atoms with E-state index >= 15 is 0 Å². The van der Waals surface area contributed by atoms with Gasteiger partial charge in [0.2, 0.25) is 0 Å². The molecule has 3 rings (SSSR count). The number of aromatic nitrogens is 1. The van der Waals surface area contributed by atoms with Crippen LogP contribution in [-0.4, -0.2) is 34.5 Å². The van der Waals surface area contributed by atoms with Crippen molar-refractivity contribution < 1.29 is 14.3 Å². The van der Waals surface area contributed by atoms with Gasteiger partial charge in [0.15, 0.2) is 0 Å². The van der Waals surface area contributed by atoms with Crippen LogP contribution in [0.2, 0.25) is 0 Å². The maximum Gasteiger partial charge on any atom is 0.408 e. The number of nitrogens with zero attached hydrogens (tertiary/aromatic N) is 1. The number of pyridine rings is 1. The van der Waals surface area contributed by atoms with Gasteiger partial charge < -0.3 is 19.9 Å². The van der Waals surface area contributed by atoms with E-state index in [-0.39, 0.29) is 16.9 Å². The van der Waals surface area contributed by atoms with Crippen molar-refractivity contribution in [1.82, 2.24) is 15.2 Å². The normalized spacial score (nSPS) is 15.4. The molecular formula is C28H39N3O4S. The second kappa shape index (κ2) is 11.1. The summed E-state index contributed by atoms with van der Waals surface area (Å²) in [5, 5.41) is 5.81. The summed E-state index contributed by atoms with van der Waals surface area (Å²) in [6.07, 6.45) is 2.92. The van der Waals surface area contributed by atoms with Crippen LogP contribution >= 0.6 is 11.8 Å². The van der Waals surface area contributed by atoms with Crippen molar-refractivity contribution >= 4 is 23.8 Å². The predicted octanol–water partition coefficient (Wildman–Crippen LogP) is 5.40. The Kier molecular flexibility index (Phi) is 8.59. The van der Waals surface area contributed by atoms with Gasteiger partial charge in [0.05, 0.1) is 23.7 Å². The molecule has 2 N–H and O–H groups in total. The third kappa shape index (κ3) is 6.93. The van der Waals surface area contributed by atoms with Gasteiger partial charge in [0.25, 0.3) is 11.5 Å². The molecule has 1 aromatic carbocycles. The van der Waals surface area contributed by atoms with Crippen LogP contribution in [0.1, 0.15) is 94.4 Å². The summed E-state index contributed by atoms with van der Waals surface area (Å²) < 4.78 is 6.99. The molecule has 2 amide bonds. The van der Waals surface area contributed by atoms with Gasteiger partial charge in [-0.05, 0) is 43.7 Å². The molecule has 1 aromatic heterocycles. The Hall–Kier alpha value is -2.74. The Morgan fingerprint density at radius 2 is 1.78 bits per heavy atom. The van der Waals surface area contributed by atoms with E-state index in [1.165, 1.54) is 17.3 Å². The maximum absolute atomic E-state index is 13.6. The molecule has 1 aliphatic heterocycles.